The van der Waals surface area contributed by atoms with Gasteiger partial charge in [-0.3, -0.25) is 9.59 Å². The molecule has 0 saturated carbocycles. The fourth-order valence-corrected chi connectivity index (χ4v) is 3.58. The molecule has 138 valence electrons. The van der Waals surface area contributed by atoms with Gasteiger partial charge in [0.05, 0.1) is 0 Å². The Kier molecular flexibility index (Phi) is 8.28. The molecular formula is C19H29N3O2S. The molecule has 1 fully saturated rings. The van der Waals surface area contributed by atoms with Gasteiger partial charge in [0.1, 0.15) is 0 Å². The first-order valence-electron chi connectivity index (χ1n) is 9.04. The number of carbonyl (C=O) groups is 2. The standard InChI is InChI=1S/C19H29N3O2S/c1-15-7-6-12-22(14-15)11-4-3-10-20-18(23)19(24)21-16-8-5-9-17(13-16)25-2/h5,8-9,13,15H,3-4,6-7,10-12,14H2,1-2H3,(H,20,23)(H,21,24). The number of anilines is 1. The second-order valence-electron chi connectivity index (χ2n) is 6.70. The van der Waals surface area contributed by atoms with E-state index in [4.69, 9.17) is 0 Å². The van der Waals surface area contributed by atoms with Gasteiger partial charge in [-0.15, -0.1) is 11.8 Å². The minimum absolute atomic E-state index is 0.542. The molecule has 1 aliphatic rings. The zero-order chi connectivity index (χ0) is 18.1. The summed E-state index contributed by atoms with van der Waals surface area (Å²) in [7, 11) is 0. The van der Waals surface area contributed by atoms with Gasteiger partial charge in [0, 0.05) is 23.7 Å². The Labute approximate surface area is 154 Å². The van der Waals surface area contributed by atoms with Crippen LogP contribution in [0.2, 0.25) is 0 Å². The van der Waals surface area contributed by atoms with Crippen LogP contribution in [0.1, 0.15) is 32.6 Å². The van der Waals surface area contributed by atoms with Crippen molar-refractivity contribution in [2.75, 3.05) is 37.8 Å². The predicted molar refractivity (Wildman–Crippen MR) is 104 cm³/mol. The topological polar surface area (TPSA) is 61.4 Å². The highest BCUT2D eigenvalue weighted by Gasteiger charge is 2.16. The minimum atomic E-state index is -0.608. The maximum absolute atomic E-state index is 11.9. The van der Waals surface area contributed by atoms with Crippen LogP contribution in [-0.2, 0) is 9.59 Å². The van der Waals surface area contributed by atoms with Crippen molar-refractivity contribution < 1.29 is 9.59 Å². The molecule has 1 aromatic carbocycles. The minimum Gasteiger partial charge on any atom is -0.348 e. The first kappa shape index (κ1) is 19.8. The number of nitrogens with one attached hydrogen (secondary N) is 2. The van der Waals surface area contributed by atoms with Crippen molar-refractivity contribution in [3.8, 4) is 0 Å². The van der Waals surface area contributed by atoms with Crippen molar-refractivity contribution in [3.63, 3.8) is 0 Å². The highest BCUT2D eigenvalue weighted by molar-refractivity contribution is 7.98. The SMILES string of the molecule is CSc1cccc(NC(=O)C(=O)NCCCCN2CCCC(C)C2)c1. The van der Waals surface area contributed by atoms with Gasteiger partial charge in [-0.2, -0.15) is 0 Å². The Bertz CT molecular complexity index is 580. The molecule has 0 bridgehead atoms. The summed E-state index contributed by atoms with van der Waals surface area (Å²) < 4.78 is 0. The number of unbranched alkanes of at least 4 members (excludes halogenated alkanes) is 1. The third kappa shape index (κ3) is 7.08. The maximum Gasteiger partial charge on any atom is 0.313 e. The number of rotatable bonds is 7. The van der Waals surface area contributed by atoms with E-state index in [0.717, 1.165) is 30.2 Å². The Hall–Kier alpha value is -1.53. The molecule has 1 saturated heterocycles. The molecular weight excluding hydrogens is 334 g/mol. The molecule has 0 aliphatic carbocycles. The van der Waals surface area contributed by atoms with Crippen LogP contribution in [0.5, 0.6) is 0 Å². The summed E-state index contributed by atoms with van der Waals surface area (Å²) in [6, 6.07) is 7.46. The molecule has 1 aliphatic heterocycles. The number of nitrogens with zero attached hydrogens (tertiary/aromatic N) is 1. The van der Waals surface area contributed by atoms with E-state index in [2.05, 4.69) is 22.5 Å². The van der Waals surface area contributed by atoms with E-state index in [1.165, 1.54) is 25.9 Å². The van der Waals surface area contributed by atoms with Crippen LogP contribution in [0.15, 0.2) is 29.2 Å². The molecule has 5 nitrogen and oxygen atoms in total. The number of likely N-dealkylation sites (tertiary alicyclic amines) is 1. The average molecular weight is 364 g/mol. The van der Waals surface area contributed by atoms with Gasteiger partial charge in [-0.1, -0.05) is 13.0 Å². The zero-order valence-corrected chi connectivity index (χ0v) is 16.0. The fraction of sp³-hybridized carbons (Fsp3) is 0.579. The molecule has 1 aromatic rings. The normalized spacial score (nSPS) is 17.9. The van der Waals surface area contributed by atoms with Crippen molar-refractivity contribution in [1.82, 2.24) is 10.2 Å². The van der Waals surface area contributed by atoms with Crippen molar-refractivity contribution in [3.05, 3.63) is 24.3 Å². The van der Waals surface area contributed by atoms with Crippen LogP contribution in [0.4, 0.5) is 5.69 Å². The van der Waals surface area contributed by atoms with Crippen LogP contribution in [-0.4, -0.2) is 49.1 Å². The Balaban J connectivity index is 1.61. The molecule has 0 aromatic heterocycles. The Morgan fingerprint density at radius 3 is 2.88 bits per heavy atom. The highest BCUT2D eigenvalue weighted by atomic mass is 32.2. The maximum atomic E-state index is 11.9. The molecule has 1 unspecified atom stereocenters. The summed E-state index contributed by atoms with van der Waals surface area (Å²) in [4.78, 5) is 27.3. The van der Waals surface area contributed by atoms with Crippen molar-refractivity contribution in [2.24, 2.45) is 5.92 Å². The second-order valence-corrected chi connectivity index (χ2v) is 7.58. The van der Waals surface area contributed by atoms with E-state index in [9.17, 15) is 9.59 Å². The van der Waals surface area contributed by atoms with Crippen LogP contribution in [0.25, 0.3) is 0 Å². The van der Waals surface area contributed by atoms with Crippen LogP contribution in [0.3, 0.4) is 0 Å². The quantitative estimate of drug-likeness (QED) is 0.444. The van der Waals surface area contributed by atoms with Crippen LogP contribution in [0, 0.1) is 5.92 Å². The lowest BCUT2D eigenvalue weighted by molar-refractivity contribution is -0.136. The number of hydrogen-bond acceptors (Lipinski definition) is 4. The van der Waals surface area contributed by atoms with E-state index >= 15 is 0 Å². The summed E-state index contributed by atoms with van der Waals surface area (Å²) in [5.74, 6) is -0.383. The Morgan fingerprint density at radius 2 is 2.12 bits per heavy atom. The summed E-state index contributed by atoms with van der Waals surface area (Å²) in [5, 5.41) is 5.34. The van der Waals surface area contributed by atoms with Gasteiger partial charge < -0.3 is 15.5 Å². The van der Waals surface area contributed by atoms with Gasteiger partial charge in [-0.25, -0.2) is 0 Å². The number of thioether (sulfide) groups is 1. The third-order valence-electron chi connectivity index (χ3n) is 4.46. The van der Waals surface area contributed by atoms with Crippen molar-refractivity contribution in [2.45, 2.75) is 37.5 Å². The van der Waals surface area contributed by atoms with E-state index in [1.54, 1.807) is 17.8 Å². The second kappa shape index (κ2) is 10.5. The lowest BCUT2D eigenvalue weighted by Crippen LogP contribution is -2.37. The highest BCUT2D eigenvalue weighted by Crippen LogP contribution is 2.19. The molecule has 1 heterocycles. The first-order valence-corrected chi connectivity index (χ1v) is 10.3. The predicted octanol–water partition coefficient (Wildman–Crippen LogP) is 2.98. The lowest BCUT2D eigenvalue weighted by atomic mass is 10.0. The number of benzene rings is 1. The van der Waals surface area contributed by atoms with E-state index < -0.39 is 11.8 Å². The number of amides is 2. The molecule has 6 heteroatoms. The lowest BCUT2D eigenvalue weighted by Gasteiger charge is -2.30. The monoisotopic (exact) mass is 363 g/mol. The Morgan fingerprint density at radius 1 is 1.28 bits per heavy atom. The first-order chi connectivity index (χ1) is 12.1. The summed E-state index contributed by atoms with van der Waals surface area (Å²) in [6.07, 6.45) is 6.53. The van der Waals surface area contributed by atoms with Crippen molar-refractivity contribution in [1.29, 1.82) is 0 Å². The largest absolute Gasteiger partial charge is 0.348 e. The molecule has 2 amide bonds. The van der Waals surface area contributed by atoms with E-state index in [-0.39, 0.29) is 0 Å². The molecule has 25 heavy (non-hydrogen) atoms. The smallest absolute Gasteiger partial charge is 0.313 e. The van der Waals surface area contributed by atoms with Crippen molar-refractivity contribution >= 4 is 29.3 Å². The average Bonchev–Trinajstić information content (AvgIpc) is 2.61. The van der Waals surface area contributed by atoms with Gasteiger partial charge in [-0.05, 0) is 69.1 Å². The number of piperidine rings is 1. The molecule has 1 atom stereocenters. The number of carbonyl (C=O) groups excluding carboxylic acids is 2. The van der Waals surface area contributed by atoms with Crippen LogP contribution >= 0.6 is 11.8 Å². The molecule has 0 spiro atoms. The molecule has 2 rings (SSSR count). The molecule has 0 radical (unpaired) electrons. The summed E-state index contributed by atoms with van der Waals surface area (Å²) in [5.41, 5.74) is 0.645. The summed E-state index contributed by atoms with van der Waals surface area (Å²) >= 11 is 1.59. The van der Waals surface area contributed by atoms with Gasteiger partial charge >= 0.3 is 11.8 Å². The van der Waals surface area contributed by atoms with Gasteiger partial charge in [0.25, 0.3) is 0 Å². The molecule has 2 N–H and O–H groups in total. The van der Waals surface area contributed by atoms with Crippen LogP contribution < -0.4 is 10.6 Å². The number of hydrogen-bond donors (Lipinski definition) is 2. The zero-order valence-electron chi connectivity index (χ0n) is 15.2. The van der Waals surface area contributed by atoms with Gasteiger partial charge in [0.15, 0.2) is 0 Å². The van der Waals surface area contributed by atoms with E-state index in [0.29, 0.717) is 12.2 Å². The third-order valence-corrected chi connectivity index (χ3v) is 5.19. The summed E-state index contributed by atoms with van der Waals surface area (Å²) in [6.45, 7) is 6.30. The van der Waals surface area contributed by atoms with E-state index in [1.807, 2.05) is 24.5 Å². The fourth-order valence-electron chi connectivity index (χ4n) is 3.12. The van der Waals surface area contributed by atoms with Gasteiger partial charge in [0.2, 0.25) is 0 Å².